The minimum absolute atomic E-state index is 0.0886. The van der Waals surface area contributed by atoms with Gasteiger partial charge in [-0.1, -0.05) is 0 Å². The normalized spacial score (nSPS) is 10.3. The SMILES string of the molecule is Cc1ccc(C(=O)Oc2ccc(F)cc2C)c(=O)[nH]1. The summed E-state index contributed by atoms with van der Waals surface area (Å²) in [6.45, 7) is 3.33. The summed E-state index contributed by atoms with van der Waals surface area (Å²) in [7, 11) is 0. The van der Waals surface area contributed by atoms with E-state index in [-0.39, 0.29) is 11.3 Å². The number of aryl methyl sites for hydroxylation is 2. The summed E-state index contributed by atoms with van der Waals surface area (Å²) in [5.74, 6) is -0.951. The van der Waals surface area contributed by atoms with Crippen molar-refractivity contribution >= 4 is 5.97 Å². The standard InChI is InChI=1S/C14H12FNO3/c1-8-7-10(15)4-6-12(8)19-14(18)11-5-3-9(2)16-13(11)17/h3-7H,1-2H3,(H,16,17). The van der Waals surface area contributed by atoms with Crippen molar-refractivity contribution in [3.05, 3.63) is 63.3 Å². The number of aromatic amines is 1. The van der Waals surface area contributed by atoms with Crippen LogP contribution in [-0.2, 0) is 0 Å². The van der Waals surface area contributed by atoms with E-state index in [9.17, 15) is 14.0 Å². The van der Waals surface area contributed by atoms with Crippen molar-refractivity contribution in [1.29, 1.82) is 0 Å². The summed E-state index contributed by atoms with van der Waals surface area (Å²) in [6.07, 6.45) is 0. The van der Waals surface area contributed by atoms with E-state index in [0.717, 1.165) is 0 Å². The first kappa shape index (κ1) is 13.0. The number of H-pyrrole nitrogens is 1. The third-order valence-corrected chi connectivity index (χ3v) is 2.61. The first-order valence-corrected chi connectivity index (χ1v) is 5.65. The van der Waals surface area contributed by atoms with Crippen LogP contribution < -0.4 is 10.3 Å². The Hall–Kier alpha value is -2.43. The summed E-state index contributed by atoms with van der Waals surface area (Å²) in [5.41, 5.74) is 0.537. The van der Waals surface area contributed by atoms with E-state index in [4.69, 9.17) is 4.74 Å². The van der Waals surface area contributed by atoms with Gasteiger partial charge in [0.05, 0.1) is 0 Å². The zero-order chi connectivity index (χ0) is 14.0. The van der Waals surface area contributed by atoms with Crippen molar-refractivity contribution in [1.82, 2.24) is 4.98 Å². The predicted molar refractivity (Wildman–Crippen MR) is 67.9 cm³/mol. The molecule has 0 aliphatic carbocycles. The molecule has 4 nitrogen and oxygen atoms in total. The number of carbonyl (C=O) groups excluding carboxylic acids is 1. The van der Waals surface area contributed by atoms with E-state index in [0.29, 0.717) is 11.3 Å². The number of hydrogen-bond acceptors (Lipinski definition) is 3. The smallest absolute Gasteiger partial charge is 0.349 e. The molecule has 0 aliphatic heterocycles. The van der Waals surface area contributed by atoms with Crippen LogP contribution in [0.1, 0.15) is 21.6 Å². The Balaban J connectivity index is 2.28. The van der Waals surface area contributed by atoms with Gasteiger partial charge in [0.1, 0.15) is 17.1 Å². The highest BCUT2D eigenvalue weighted by atomic mass is 19.1. The van der Waals surface area contributed by atoms with E-state index < -0.39 is 17.3 Å². The number of benzene rings is 1. The first-order valence-electron chi connectivity index (χ1n) is 5.65. The topological polar surface area (TPSA) is 59.2 Å². The van der Waals surface area contributed by atoms with Gasteiger partial charge in [-0.05, 0) is 49.7 Å². The number of pyridine rings is 1. The van der Waals surface area contributed by atoms with Gasteiger partial charge in [-0.3, -0.25) is 4.79 Å². The van der Waals surface area contributed by atoms with E-state index in [1.165, 1.54) is 24.3 Å². The van der Waals surface area contributed by atoms with Crippen molar-refractivity contribution in [3.63, 3.8) is 0 Å². The van der Waals surface area contributed by atoms with E-state index in [1.54, 1.807) is 19.9 Å². The molecular formula is C14H12FNO3. The summed E-state index contributed by atoms with van der Waals surface area (Å²) >= 11 is 0. The highest BCUT2D eigenvalue weighted by Gasteiger charge is 2.14. The highest BCUT2D eigenvalue weighted by molar-refractivity contribution is 5.90. The van der Waals surface area contributed by atoms with Gasteiger partial charge < -0.3 is 9.72 Å². The second-order valence-electron chi connectivity index (χ2n) is 4.18. The molecule has 0 fully saturated rings. The highest BCUT2D eigenvalue weighted by Crippen LogP contribution is 2.19. The molecule has 98 valence electrons. The average molecular weight is 261 g/mol. The van der Waals surface area contributed by atoms with Gasteiger partial charge in [0, 0.05) is 5.69 Å². The van der Waals surface area contributed by atoms with Crippen LogP contribution in [0.15, 0.2) is 35.1 Å². The zero-order valence-electron chi connectivity index (χ0n) is 10.5. The van der Waals surface area contributed by atoms with Crippen LogP contribution in [0.4, 0.5) is 4.39 Å². The molecule has 2 rings (SSSR count). The Bertz CT molecular complexity index is 691. The second kappa shape index (κ2) is 5.06. The average Bonchev–Trinajstić information content (AvgIpc) is 2.32. The second-order valence-corrected chi connectivity index (χ2v) is 4.18. The molecule has 0 amide bonds. The molecule has 2 aromatic rings. The molecule has 0 saturated heterocycles. The van der Waals surface area contributed by atoms with Crippen LogP contribution in [0, 0.1) is 19.7 Å². The molecule has 1 N–H and O–H groups in total. The van der Waals surface area contributed by atoms with Crippen molar-refractivity contribution in [2.75, 3.05) is 0 Å². The number of halogens is 1. The van der Waals surface area contributed by atoms with Gasteiger partial charge in [0.25, 0.3) is 5.56 Å². The number of carbonyl (C=O) groups is 1. The lowest BCUT2D eigenvalue weighted by Crippen LogP contribution is -2.22. The van der Waals surface area contributed by atoms with Gasteiger partial charge in [-0.2, -0.15) is 0 Å². The van der Waals surface area contributed by atoms with Gasteiger partial charge in [0.2, 0.25) is 0 Å². The van der Waals surface area contributed by atoms with Gasteiger partial charge >= 0.3 is 5.97 Å². The molecule has 1 aromatic carbocycles. The van der Waals surface area contributed by atoms with E-state index in [2.05, 4.69) is 4.98 Å². The maximum Gasteiger partial charge on any atom is 0.349 e. The zero-order valence-corrected chi connectivity index (χ0v) is 10.5. The summed E-state index contributed by atoms with van der Waals surface area (Å²) in [4.78, 5) is 26.0. The van der Waals surface area contributed by atoms with Crippen LogP contribution in [0.5, 0.6) is 5.75 Å². The van der Waals surface area contributed by atoms with Crippen LogP contribution in [0.25, 0.3) is 0 Å². The molecule has 1 aromatic heterocycles. The number of rotatable bonds is 2. The molecule has 0 aliphatic rings. The summed E-state index contributed by atoms with van der Waals surface area (Å²) in [5, 5.41) is 0. The monoisotopic (exact) mass is 261 g/mol. The molecular weight excluding hydrogens is 249 g/mol. The Labute approximate surface area is 108 Å². The Morgan fingerprint density at radius 2 is 1.95 bits per heavy atom. The predicted octanol–water partition coefficient (Wildman–Crippen LogP) is 2.35. The molecule has 1 heterocycles. The lowest BCUT2D eigenvalue weighted by atomic mass is 10.2. The van der Waals surface area contributed by atoms with Crippen molar-refractivity contribution in [2.45, 2.75) is 13.8 Å². The van der Waals surface area contributed by atoms with Crippen molar-refractivity contribution in [2.24, 2.45) is 0 Å². The van der Waals surface area contributed by atoms with Gasteiger partial charge in [0.15, 0.2) is 0 Å². The number of aromatic nitrogens is 1. The number of esters is 1. The fourth-order valence-corrected chi connectivity index (χ4v) is 1.62. The molecule has 0 unspecified atom stereocenters. The maximum atomic E-state index is 12.9. The van der Waals surface area contributed by atoms with E-state index >= 15 is 0 Å². The third-order valence-electron chi connectivity index (χ3n) is 2.61. The lowest BCUT2D eigenvalue weighted by Gasteiger charge is -2.07. The quantitative estimate of drug-likeness (QED) is 0.666. The van der Waals surface area contributed by atoms with Crippen LogP contribution in [0.2, 0.25) is 0 Å². The minimum atomic E-state index is -0.768. The fourth-order valence-electron chi connectivity index (χ4n) is 1.62. The van der Waals surface area contributed by atoms with E-state index in [1.807, 2.05) is 0 Å². The largest absolute Gasteiger partial charge is 0.423 e. The molecule has 0 atom stereocenters. The van der Waals surface area contributed by atoms with Crippen LogP contribution >= 0.6 is 0 Å². The van der Waals surface area contributed by atoms with Gasteiger partial charge in [-0.15, -0.1) is 0 Å². The molecule has 0 radical (unpaired) electrons. The maximum absolute atomic E-state index is 12.9. The molecule has 0 saturated carbocycles. The van der Waals surface area contributed by atoms with Crippen LogP contribution in [-0.4, -0.2) is 11.0 Å². The minimum Gasteiger partial charge on any atom is -0.423 e. The molecule has 19 heavy (non-hydrogen) atoms. The van der Waals surface area contributed by atoms with Gasteiger partial charge in [-0.25, -0.2) is 9.18 Å². The number of nitrogens with one attached hydrogen (secondary N) is 1. The Kier molecular flexibility index (Phi) is 3.46. The first-order chi connectivity index (χ1) is 8.97. The van der Waals surface area contributed by atoms with Crippen molar-refractivity contribution in [3.8, 4) is 5.75 Å². The molecule has 5 heteroatoms. The Morgan fingerprint density at radius 1 is 1.21 bits per heavy atom. The fraction of sp³-hybridized carbons (Fsp3) is 0.143. The molecule has 0 spiro atoms. The number of hydrogen-bond donors (Lipinski definition) is 1. The number of ether oxygens (including phenoxy) is 1. The third kappa shape index (κ3) is 2.88. The molecule has 0 bridgehead atoms. The van der Waals surface area contributed by atoms with Crippen LogP contribution in [0.3, 0.4) is 0 Å². The summed E-state index contributed by atoms with van der Waals surface area (Å²) < 4.78 is 18.0. The summed E-state index contributed by atoms with van der Waals surface area (Å²) in [6, 6.07) is 6.80. The Morgan fingerprint density at radius 3 is 2.58 bits per heavy atom. The lowest BCUT2D eigenvalue weighted by molar-refractivity contribution is 0.0731. The van der Waals surface area contributed by atoms with Crippen molar-refractivity contribution < 1.29 is 13.9 Å².